The molecule has 6 heteroatoms. The fourth-order valence-corrected chi connectivity index (χ4v) is 3.23. The van der Waals surface area contributed by atoms with E-state index in [4.69, 9.17) is 16.3 Å². The number of nitrogens with one attached hydrogen (secondary N) is 1. The monoisotopic (exact) mass is 353 g/mol. The molecule has 0 saturated carbocycles. The summed E-state index contributed by atoms with van der Waals surface area (Å²) in [5, 5.41) is 0. The Morgan fingerprint density at radius 2 is 1.74 bits per heavy atom. The zero-order chi connectivity index (χ0) is 16.7. The van der Waals surface area contributed by atoms with Crippen molar-refractivity contribution in [2.24, 2.45) is 0 Å². The second-order valence-corrected chi connectivity index (χ2v) is 7.27. The summed E-state index contributed by atoms with van der Waals surface area (Å²) in [5.74, 6) is 0.355. The van der Waals surface area contributed by atoms with Gasteiger partial charge in [-0.25, -0.2) is 13.1 Å². The van der Waals surface area contributed by atoms with Gasteiger partial charge in [-0.3, -0.25) is 0 Å². The first-order valence-electron chi connectivity index (χ1n) is 7.32. The Morgan fingerprint density at radius 1 is 1.09 bits per heavy atom. The molecule has 1 atom stereocenters. The summed E-state index contributed by atoms with van der Waals surface area (Å²) in [6.45, 7) is 2.42. The van der Waals surface area contributed by atoms with Crippen LogP contribution in [0.1, 0.15) is 17.2 Å². The highest BCUT2D eigenvalue weighted by Gasteiger charge is 2.18. The van der Waals surface area contributed by atoms with Crippen LogP contribution in [-0.4, -0.2) is 27.4 Å². The van der Waals surface area contributed by atoms with Gasteiger partial charge in [0.2, 0.25) is 10.0 Å². The van der Waals surface area contributed by atoms with E-state index in [9.17, 15) is 8.42 Å². The second-order valence-electron chi connectivity index (χ2n) is 5.12. The van der Waals surface area contributed by atoms with Crippen molar-refractivity contribution in [1.29, 1.82) is 0 Å². The average molecular weight is 354 g/mol. The van der Waals surface area contributed by atoms with Gasteiger partial charge < -0.3 is 4.74 Å². The fraction of sp³-hybridized carbons (Fsp3) is 0.294. The summed E-state index contributed by atoms with van der Waals surface area (Å²) in [7, 11) is -3.57. The van der Waals surface area contributed by atoms with E-state index in [2.05, 4.69) is 4.72 Å². The maximum Gasteiger partial charge on any atom is 0.240 e. The summed E-state index contributed by atoms with van der Waals surface area (Å²) in [6.07, 6.45) is -0.379. The van der Waals surface area contributed by atoms with Crippen molar-refractivity contribution in [2.45, 2.75) is 17.9 Å². The molecule has 0 heterocycles. The third-order valence-electron chi connectivity index (χ3n) is 3.36. The van der Waals surface area contributed by atoms with Crippen molar-refractivity contribution in [3.63, 3.8) is 0 Å². The zero-order valence-corrected chi connectivity index (χ0v) is 14.5. The number of benzene rings is 2. The van der Waals surface area contributed by atoms with Crippen LogP contribution in [0, 0.1) is 6.92 Å². The second kappa shape index (κ2) is 8.45. The van der Waals surface area contributed by atoms with Crippen LogP contribution in [0.4, 0.5) is 0 Å². The molecule has 2 rings (SSSR count). The Balaban J connectivity index is 2.09. The summed E-state index contributed by atoms with van der Waals surface area (Å²) in [6, 6.07) is 16.2. The van der Waals surface area contributed by atoms with Crippen LogP contribution >= 0.6 is 11.6 Å². The molecular formula is C17H20ClNO3S. The molecule has 0 aromatic heterocycles. The number of aryl methyl sites for hydroxylation is 1. The van der Waals surface area contributed by atoms with Crippen molar-refractivity contribution in [1.82, 2.24) is 4.72 Å². The molecule has 2 aromatic carbocycles. The van der Waals surface area contributed by atoms with Crippen LogP contribution in [0.3, 0.4) is 0 Å². The van der Waals surface area contributed by atoms with Gasteiger partial charge in [0.25, 0.3) is 0 Å². The Kier molecular flexibility index (Phi) is 6.59. The number of alkyl halides is 1. The lowest BCUT2D eigenvalue weighted by Gasteiger charge is -2.18. The minimum absolute atomic E-state index is 0.150. The molecule has 0 radical (unpaired) electrons. The number of halogens is 1. The predicted molar refractivity (Wildman–Crippen MR) is 92.2 cm³/mol. The number of hydrogen-bond acceptors (Lipinski definition) is 3. The van der Waals surface area contributed by atoms with Crippen molar-refractivity contribution < 1.29 is 13.2 Å². The first-order chi connectivity index (χ1) is 11.0. The third kappa shape index (κ3) is 5.32. The van der Waals surface area contributed by atoms with Crippen LogP contribution in [-0.2, 0) is 14.8 Å². The molecule has 0 aliphatic carbocycles. The van der Waals surface area contributed by atoms with Gasteiger partial charge in [0.15, 0.2) is 0 Å². The van der Waals surface area contributed by atoms with Gasteiger partial charge in [-0.1, -0.05) is 48.0 Å². The minimum Gasteiger partial charge on any atom is -0.371 e. The maximum absolute atomic E-state index is 12.4. The summed E-state index contributed by atoms with van der Waals surface area (Å²) in [4.78, 5) is 0.243. The highest BCUT2D eigenvalue weighted by Crippen LogP contribution is 2.18. The van der Waals surface area contributed by atoms with Gasteiger partial charge in [-0.15, -0.1) is 11.6 Å². The van der Waals surface area contributed by atoms with E-state index in [-0.39, 0.29) is 17.5 Å². The van der Waals surface area contributed by atoms with E-state index in [1.165, 1.54) is 0 Å². The molecule has 0 saturated heterocycles. The lowest BCUT2D eigenvalue weighted by Crippen LogP contribution is -2.30. The molecule has 23 heavy (non-hydrogen) atoms. The van der Waals surface area contributed by atoms with E-state index >= 15 is 0 Å². The highest BCUT2D eigenvalue weighted by atomic mass is 35.5. The van der Waals surface area contributed by atoms with Crippen LogP contribution in [0.25, 0.3) is 0 Å². The van der Waals surface area contributed by atoms with Gasteiger partial charge in [0, 0.05) is 12.4 Å². The average Bonchev–Trinajstić information content (AvgIpc) is 2.56. The summed E-state index contributed by atoms with van der Waals surface area (Å²) < 4.78 is 33.0. The van der Waals surface area contributed by atoms with Gasteiger partial charge >= 0.3 is 0 Å². The first-order valence-corrected chi connectivity index (χ1v) is 9.33. The number of sulfonamides is 1. The number of ether oxygens (including phenoxy) is 1. The van der Waals surface area contributed by atoms with Gasteiger partial charge in [-0.05, 0) is 24.6 Å². The molecule has 0 aliphatic rings. The third-order valence-corrected chi connectivity index (χ3v) is 4.95. The van der Waals surface area contributed by atoms with E-state index in [1.807, 2.05) is 37.3 Å². The molecule has 124 valence electrons. The Hall–Kier alpha value is -1.40. The lowest BCUT2D eigenvalue weighted by atomic mass is 10.1. The normalized spacial score (nSPS) is 13.0. The van der Waals surface area contributed by atoms with Crippen LogP contribution in [0.15, 0.2) is 59.5 Å². The Morgan fingerprint density at radius 3 is 2.35 bits per heavy atom. The molecular weight excluding hydrogens is 334 g/mol. The molecule has 2 aromatic rings. The van der Waals surface area contributed by atoms with E-state index in [0.29, 0.717) is 12.5 Å². The quantitative estimate of drug-likeness (QED) is 0.741. The van der Waals surface area contributed by atoms with Crippen LogP contribution in [0.5, 0.6) is 0 Å². The predicted octanol–water partition coefficient (Wildman–Crippen LogP) is 3.27. The van der Waals surface area contributed by atoms with Crippen molar-refractivity contribution in [2.75, 3.05) is 19.0 Å². The topological polar surface area (TPSA) is 55.4 Å². The van der Waals surface area contributed by atoms with Crippen molar-refractivity contribution in [3.05, 3.63) is 65.7 Å². The molecule has 0 unspecified atom stereocenters. The zero-order valence-electron chi connectivity index (χ0n) is 12.9. The maximum atomic E-state index is 12.4. The smallest absolute Gasteiger partial charge is 0.240 e. The molecule has 1 N–H and O–H groups in total. The molecule has 0 aliphatic heterocycles. The molecule has 0 amide bonds. The highest BCUT2D eigenvalue weighted by molar-refractivity contribution is 7.89. The van der Waals surface area contributed by atoms with Gasteiger partial charge in [-0.2, -0.15) is 0 Å². The fourth-order valence-electron chi connectivity index (χ4n) is 2.11. The SMILES string of the molecule is Cc1ccc(S(=O)(=O)NC[C@@H](OCCCl)c2ccccc2)cc1. The van der Waals surface area contributed by atoms with Crippen LogP contribution in [0.2, 0.25) is 0 Å². The van der Waals surface area contributed by atoms with E-state index < -0.39 is 10.0 Å². The van der Waals surface area contributed by atoms with E-state index in [0.717, 1.165) is 11.1 Å². The summed E-state index contributed by atoms with van der Waals surface area (Å²) in [5.41, 5.74) is 1.92. The van der Waals surface area contributed by atoms with Crippen molar-refractivity contribution >= 4 is 21.6 Å². The number of hydrogen-bond donors (Lipinski definition) is 1. The molecule has 4 nitrogen and oxygen atoms in total. The molecule has 0 fully saturated rings. The van der Waals surface area contributed by atoms with Gasteiger partial charge in [0.1, 0.15) is 0 Å². The van der Waals surface area contributed by atoms with Crippen molar-refractivity contribution in [3.8, 4) is 0 Å². The summed E-state index contributed by atoms with van der Waals surface area (Å²) >= 11 is 5.67. The largest absolute Gasteiger partial charge is 0.371 e. The molecule has 0 bridgehead atoms. The van der Waals surface area contributed by atoms with Crippen LogP contribution < -0.4 is 4.72 Å². The Labute approximate surface area is 142 Å². The lowest BCUT2D eigenvalue weighted by molar-refractivity contribution is 0.0676. The van der Waals surface area contributed by atoms with Gasteiger partial charge in [0.05, 0.1) is 17.6 Å². The number of rotatable bonds is 8. The molecule has 0 spiro atoms. The first kappa shape index (κ1) is 17.9. The van der Waals surface area contributed by atoms with E-state index in [1.54, 1.807) is 24.3 Å². The standard InChI is InChI=1S/C17H20ClNO3S/c1-14-7-9-16(10-8-14)23(20,21)19-13-17(22-12-11-18)15-5-3-2-4-6-15/h2-10,17,19H,11-13H2,1H3/t17-/m1/s1. The Bertz CT molecular complexity index is 702. The minimum atomic E-state index is -3.57.